The van der Waals surface area contributed by atoms with Crippen LogP contribution < -0.4 is 0 Å². The molecule has 9 rings (SSSR count). The Labute approximate surface area is 259 Å². The molecular weight excluding hydrogens is 552 g/mol. The van der Waals surface area contributed by atoms with E-state index in [0.29, 0.717) is 17.5 Å². The van der Waals surface area contributed by atoms with E-state index in [1.807, 2.05) is 60.7 Å². The van der Waals surface area contributed by atoms with Gasteiger partial charge in [0.25, 0.3) is 0 Å². The molecule has 0 bridgehead atoms. The van der Waals surface area contributed by atoms with Crippen molar-refractivity contribution in [2.75, 3.05) is 0 Å². The first-order valence-electron chi connectivity index (χ1n) is 15.1. The Morgan fingerprint density at radius 1 is 0.511 bits per heavy atom. The molecule has 0 atom stereocenters. The quantitative estimate of drug-likeness (QED) is 0.208. The number of furan rings is 1. The molecule has 5 heteroatoms. The third-order valence-electron chi connectivity index (χ3n) is 8.58. The maximum absolute atomic E-state index is 6.79. The summed E-state index contributed by atoms with van der Waals surface area (Å²) >= 11 is 0. The van der Waals surface area contributed by atoms with Crippen LogP contribution in [0.1, 0.15) is 5.56 Å². The molecule has 0 saturated carbocycles. The number of rotatable bonds is 4. The molecule has 0 aliphatic rings. The van der Waals surface area contributed by atoms with Crippen molar-refractivity contribution >= 4 is 43.7 Å². The molecule has 9 aromatic rings. The lowest BCUT2D eigenvalue weighted by Gasteiger charge is -2.10. The molecule has 0 unspecified atom stereocenters. The van der Waals surface area contributed by atoms with Gasteiger partial charge in [-0.05, 0) is 48.9 Å². The molecular formula is C40H26N4O. The van der Waals surface area contributed by atoms with Gasteiger partial charge >= 0.3 is 0 Å². The highest BCUT2D eigenvalue weighted by Crippen LogP contribution is 2.44. The molecule has 6 aromatic carbocycles. The van der Waals surface area contributed by atoms with Crippen molar-refractivity contribution in [3.8, 4) is 39.9 Å². The van der Waals surface area contributed by atoms with Gasteiger partial charge in [-0.1, -0.05) is 103 Å². The maximum Gasteiger partial charge on any atom is 0.167 e. The van der Waals surface area contributed by atoms with Gasteiger partial charge in [-0.2, -0.15) is 0 Å². The fourth-order valence-corrected chi connectivity index (χ4v) is 6.52. The van der Waals surface area contributed by atoms with E-state index in [4.69, 9.17) is 19.4 Å². The molecule has 212 valence electrons. The van der Waals surface area contributed by atoms with Crippen molar-refractivity contribution in [2.24, 2.45) is 0 Å². The van der Waals surface area contributed by atoms with Crippen LogP contribution in [0.25, 0.3) is 83.6 Å². The molecule has 0 amide bonds. The van der Waals surface area contributed by atoms with Gasteiger partial charge < -0.3 is 8.98 Å². The first-order chi connectivity index (χ1) is 22.2. The first kappa shape index (κ1) is 25.4. The summed E-state index contributed by atoms with van der Waals surface area (Å²) in [7, 11) is 0. The molecule has 0 fully saturated rings. The Hall–Kier alpha value is -6.07. The van der Waals surface area contributed by atoms with E-state index in [2.05, 4.69) is 90.4 Å². The number of para-hydroxylation sites is 2. The lowest BCUT2D eigenvalue weighted by Crippen LogP contribution is -2.00. The summed E-state index contributed by atoms with van der Waals surface area (Å²) in [5, 5.41) is 4.55. The Morgan fingerprint density at radius 3 is 1.80 bits per heavy atom. The number of hydrogen-bond acceptors (Lipinski definition) is 4. The summed E-state index contributed by atoms with van der Waals surface area (Å²) in [6.45, 7) is 2.15. The molecule has 3 heterocycles. The van der Waals surface area contributed by atoms with E-state index in [0.717, 1.165) is 60.9 Å². The number of aryl methyl sites for hydroxylation is 1. The Morgan fingerprint density at radius 2 is 1.11 bits per heavy atom. The van der Waals surface area contributed by atoms with Crippen molar-refractivity contribution in [3.05, 3.63) is 145 Å². The topological polar surface area (TPSA) is 56.7 Å². The van der Waals surface area contributed by atoms with Crippen molar-refractivity contribution in [1.29, 1.82) is 0 Å². The third kappa shape index (κ3) is 3.98. The molecule has 0 saturated heterocycles. The third-order valence-corrected chi connectivity index (χ3v) is 8.58. The van der Waals surface area contributed by atoms with E-state index in [9.17, 15) is 0 Å². The van der Waals surface area contributed by atoms with Crippen molar-refractivity contribution in [1.82, 2.24) is 19.5 Å². The first-order valence-corrected chi connectivity index (χ1v) is 15.1. The average molecular weight is 579 g/mol. The maximum atomic E-state index is 6.79. The van der Waals surface area contributed by atoms with E-state index in [1.54, 1.807) is 0 Å². The van der Waals surface area contributed by atoms with Crippen LogP contribution in [0.2, 0.25) is 0 Å². The van der Waals surface area contributed by atoms with E-state index >= 15 is 0 Å². The Kier molecular flexibility index (Phi) is 5.65. The highest BCUT2D eigenvalue weighted by atomic mass is 16.3. The molecule has 3 aromatic heterocycles. The van der Waals surface area contributed by atoms with Gasteiger partial charge in [0.1, 0.15) is 11.2 Å². The van der Waals surface area contributed by atoms with Gasteiger partial charge in [-0.3, -0.25) is 0 Å². The number of fused-ring (bicyclic) bond motifs is 7. The van der Waals surface area contributed by atoms with Crippen LogP contribution in [0.3, 0.4) is 0 Å². The summed E-state index contributed by atoms with van der Waals surface area (Å²) in [5.74, 6) is 1.82. The summed E-state index contributed by atoms with van der Waals surface area (Å²) in [6.07, 6.45) is 0. The van der Waals surface area contributed by atoms with Gasteiger partial charge in [0, 0.05) is 33.0 Å². The Balaban J connectivity index is 1.38. The predicted octanol–water partition coefficient (Wildman–Crippen LogP) is 10.2. The lowest BCUT2D eigenvalue weighted by atomic mass is 10.0. The fourth-order valence-electron chi connectivity index (χ4n) is 6.52. The monoisotopic (exact) mass is 578 g/mol. The highest BCUT2D eigenvalue weighted by Gasteiger charge is 2.23. The smallest absolute Gasteiger partial charge is 0.167 e. The molecule has 0 aliphatic carbocycles. The van der Waals surface area contributed by atoms with Crippen molar-refractivity contribution < 1.29 is 4.42 Å². The van der Waals surface area contributed by atoms with Crippen LogP contribution in [0, 0.1) is 6.92 Å². The van der Waals surface area contributed by atoms with Gasteiger partial charge in [-0.25, -0.2) is 15.0 Å². The fraction of sp³-hybridized carbons (Fsp3) is 0.0250. The van der Waals surface area contributed by atoms with Crippen molar-refractivity contribution in [2.45, 2.75) is 6.92 Å². The summed E-state index contributed by atoms with van der Waals surface area (Å²) in [5.41, 5.74) is 8.82. The van der Waals surface area contributed by atoms with E-state index in [1.165, 1.54) is 10.8 Å². The second-order valence-corrected chi connectivity index (χ2v) is 11.3. The van der Waals surface area contributed by atoms with Crippen LogP contribution >= 0.6 is 0 Å². The normalized spacial score (nSPS) is 11.7. The number of nitrogens with zero attached hydrogens (tertiary/aromatic N) is 4. The van der Waals surface area contributed by atoms with Crippen LogP contribution in [-0.4, -0.2) is 19.5 Å². The second kappa shape index (κ2) is 10.00. The van der Waals surface area contributed by atoms with Crippen LogP contribution in [0.5, 0.6) is 0 Å². The van der Waals surface area contributed by atoms with Crippen LogP contribution in [0.15, 0.2) is 144 Å². The molecule has 0 aliphatic heterocycles. The standard InChI is InChI=1S/C40H26N4O/c1-25-21-22-31(40-42-38(26-13-5-2-6-14-26)41-39(43-40)27-15-7-3-8-16-27)37-34(25)35-33(45-37)24-23-30-29-19-11-12-20-32(29)44(36(30)35)28-17-9-4-10-18-28/h2-24H,1H3. The lowest BCUT2D eigenvalue weighted by molar-refractivity contribution is 0.669. The summed E-state index contributed by atoms with van der Waals surface area (Å²) < 4.78 is 9.15. The van der Waals surface area contributed by atoms with Gasteiger partial charge in [0.15, 0.2) is 17.5 Å². The minimum absolute atomic E-state index is 0.576. The second-order valence-electron chi connectivity index (χ2n) is 11.3. The predicted molar refractivity (Wildman–Crippen MR) is 182 cm³/mol. The summed E-state index contributed by atoms with van der Waals surface area (Å²) in [6, 6.07) is 47.7. The minimum Gasteiger partial charge on any atom is -0.455 e. The Bertz CT molecular complexity index is 2470. The van der Waals surface area contributed by atoms with E-state index in [-0.39, 0.29) is 0 Å². The minimum atomic E-state index is 0.576. The van der Waals surface area contributed by atoms with Crippen molar-refractivity contribution in [3.63, 3.8) is 0 Å². The number of benzene rings is 6. The van der Waals surface area contributed by atoms with Gasteiger partial charge in [0.05, 0.1) is 22.0 Å². The molecule has 0 radical (unpaired) electrons. The SMILES string of the molecule is Cc1ccc(-c2nc(-c3ccccc3)nc(-c3ccccc3)n2)c2oc3ccc4c5ccccc5n(-c5ccccc5)c4c3c12. The molecule has 45 heavy (non-hydrogen) atoms. The highest BCUT2D eigenvalue weighted by molar-refractivity contribution is 6.26. The molecule has 0 spiro atoms. The number of hydrogen-bond donors (Lipinski definition) is 0. The molecule has 0 N–H and O–H groups in total. The molecule has 5 nitrogen and oxygen atoms in total. The zero-order valence-electron chi connectivity index (χ0n) is 24.5. The zero-order valence-corrected chi connectivity index (χ0v) is 24.5. The van der Waals surface area contributed by atoms with Crippen LogP contribution in [0.4, 0.5) is 0 Å². The van der Waals surface area contributed by atoms with Gasteiger partial charge in [0.2, 0.25) is 0 Å². The largest absolute Gasteiger partial charge is 0.455 e. The average Bonchev–Trinajstić information content (AvgIpc) is 3.66. The van der Waals surface area contributed by atoms with Gasteiger partial charge in [-0.15, -0.1) is 0 Å². The van der Waals surface area contributed by atoms with E-state index < -0.39 is 0 Å². The summed E-state index contributed by atoms with van der Waals surface area (Å²) in [4.78, 5) is 14.9. The van der Waals surface area contributed by atoms with Crippen LogP contribution in [-0.2, 0) is 0 Å². The zero-order chi connectivity index (χ0) is 29.9. The number of aromatic nitrogens is 4.